The lowest BCUT2D eigenvalue weighted by atomic mass is 10.0. The van der Waals surface area contributed by atoms with Gasteiger partial charge in [-0.3, -0.25) is 0 Å². The third-order valence-electron chi connectivity index (χ3n) is 17.8. The van der Waals surface area contributed by atoms with Crippen LogP contribution < -0.4 is 0 Å². The molecule has 5 heterocycles. The smallest absolute Gasteiger partial charge is 0.164 e. The van der Waals surface area contributed by atoms with Crippen molar-refractivity contribution in [2.75, 3.05) is 0 Å². The molecule has 7 heteroatoms. The van der Waals surface area contributed by atoms with Crippen LogP contribution in [0.2, 0.25) is 0 Å². The summed E-state index contributed by atoms with van der Waals surface area (Å²) in [5.74, 6) is 1.79. The average molecular weight is 1120 g/mol. The van der Waals surface area contributed by atoms with Crippen LogP contribution >= 0.6 is 0 Å². The van der Waals surface area contributed by atoms with Crippen molar-refractivity contribution in [2.24, 2.45) is 0 Å². The van der Waals surface area contributed by atoms with Crippen LogP contribution in [0, 0.1) is 0 Å². The molecule has 0 N–H and O–H groups in total. The molecule has 18 aromatic rings. The van der Waals surface area contributed by atoms with Crippen LogP contribution in [0.5, 0.6) is 0 Å². The highest BCUT2D eigenvalue weighted by atomic mass is 15.1. The van der Waals surface area contributed by atoms with Crippen molar-refractivity contribution in [2.45, 2.75) is 0 Å². The fourth-order valence-electron chi connectivity index (χ4n) is 13.8. The monoisotopic (exact) mass is 1120 g/mol. The summed E-state index contributed by atoms with van der Waals surface area (Å²) >= 11 is 0. The molecular weight excluding hydrogens is 1070 g/mol. The van der Waals surface area contributed by atoms with Crippen molar-refractivity contribution in [1.82, 2.24) is 33.2 Å². The van der Waals surface area contributed by atoms with Gasteiger partial charge in [-0.2, -0.15) is 0 Å². The SMILES string of the molecule is c1ccc(-c2nc(-c3ccccc3)nc(-c3cc(-n4c5ccccc5c5cc(-c6ccc7c8ccccc8n(-c8ccccc8)c7c6)ccc54)cc(-n4c5ccccc5c5cc(-c6ccc7c8ccccc8n(-c8ccccc8)c7c6)ccc54)c3)n2)cc1. The second-order valence-electron chi connectivity index (χ2n) is 22.8. The number of para-hydroxylation sites is 6. The highest BCUT2D eigenvalue weighted by molar-refractivity contribution is 6.15. The van der Waals surface area contributed by atoms with E-state index in [0.29, 0.717) is 17.5 Å². The summed E-state index contributed by atoms with van der Waals surface area (Å²) in [5, 5.41) is 9.58. The Balaban J connectivity index is 0.850. The number of hydrogen-bond acceptors (Lipinski definition) is 3. The van der Waals surface area contributed by atoms with Crippen molar-refractivity contribution in [3.63, 3.8) is 0 Å². The van der Waals surface area contributed by atoms with E-state index in [1.54, 1.807) is 0 Å². The molecule has 0 aliphatic carbocycles. The van der Waals surface area contributed by atoms with E-state index in [4.69, 9.17) is 15.0 Å². The summed E-state index contributed by atoms with van der Waals surface area (Å²) in [5.41, 5.74) is 20.6. The van der Waals surface area contributed by atoms with E-state index in [2.05, 4.69) is 291 Å². The van der Waals surface area contributed by atoms with Gasteiger partial charge in [0.25, 0.3) is 0 Å². The van der Waals surface area contributed by atoms with Gasteiger partial charge in [0.05, 0.1) is 44.1 Å². The Morgan fingerprint density at radius 3 is 0.841 bits per heavy atom. The maximum atomic E-state index is 5.36. The molecule has 0 spiro atoms. The Morgan fingerprint density at radius 1 is 0.159 bits per heavy atom. The lowest BCUT2D eigenvalue weighted by Gasteiger charge is -2.16. The minimum Gasteiger partial charge on any atom is -0.309 e. The number of aromatic nitrogens is 7. The van der Waals surface area contributed by atoms with Gasteiger partial charge in [-0.25, -0.2) is 15.0 Å². The van der Waals surface area contributed by atoms with Crippen molar-refractivity contribution in [3.05, 3.63) is 309 Å². The summed E-state index contributed by atoms with van der Waals surface area (Å²) in [6, 6.07) is 112. The van der Waals surface area contributed by atoms with Gasteiger partial charge in [-0.05, 0) is 125 Å². The molecule has 0 radical (unpaired) electrons. The molecule has 0 saturated heterocycles. The van der Waals surface area contributed by atoms with Gasteiger partial charge in [0.2, 0.25) is 0 Å². The van der Waals surface area contributed by atoms with Gasteiger partial charge in [-0.15, -0.1) is 0 Å². The molecular formula is C81H51N7. The van der Waals surface area contributed by atoms with Crippen LogP contribution in [0.15, 0.2) is 309 Å². The quantitative estimate of drug-likeness (QED) is 0.145. The van der Waals surface area contributed by atoms with E-state index in [1.165, 1.54) is 43.6 Å². The van der Waals surface area contributed by atoms with Gasteiger partial charge in [0, 0.05) is 82.5 Å². The van der Waals surface area contributed by atoms with Gasteiger partial charge in [-0.1, -0.05) is 206 Å². The molecule has 0 aliphatic heterocycles. The second-order valence-corrected chi connectivity index (χ2v) is 22.8. The van der Waals surface area contributed by atoms with E-state index in [9.17, 15) is 0 Å². The zero-order valence-electron chi connectivity index (χ0n) is 47.6. The highest BCUT2D eigenvalue weighted by Crippen LogP contribution is 2.43. The normalized spacial score (nSPS) is 11.9. The molecule has 0 unspecified atom stereocenters. The zero-order chi connectivity index (χ0) is 57.8. The lowest BCUT2D eigenvalue weighted by Crippen LogP contribution is -2.03. The first kappa shape index (κ1) is 49.5. The molecule has 0 aliphatic rings. The number of rotatable bonds is 9. The molecule has 5 aromatic heterocycles. The number of nitrogens with zero attached hydrogens (tertiary/aromatic N) is 7. The van der Waals surface area contributed by atoms with Crippen molar-refractivity contribution in [1.29, 1.82) is 0 Å². The third kappa shape index (κ3) is 7.88. The first-order chi connectivity index (χ1) is 43.6. The van der Waals surface area contributed by atoms with E-state index in [1.807, 2.05) is 36.4 Å². The minimum absolute atomic E-state index is 0.577. The summed E-state index contributed by atoms with van der Waals surface area (Å²) < 4.78 is 9.63. The maximum absolute atomic E-state index is 5.36. The number of hydrogen-bond donors (Lipinski definition) is 0. The van der Waals surface area contributed by atoms with E-state index < -0.39 is 0 Å². The third-order valence-corrected chi connectivity index (χ3v) is 17.8. The van der Waals surface area contributed by atoms with Crippen molar-refractivity contribution < 1.29 is 0 Å². The fourth-order valence-corrected chi connectivity index (χ4v) is 13.8. The van der Waals surface area contributed by atoms with Crippen molar-refractivity contribution in [3.8, 4) is 79.2 Å². The molecule has 88 heavy (non-hydrogen) atoms. The Morgan fingerprint density at radius 2 is 0.443 bits per heavy atom. The molecule has 0 fully saturated rings. The van der Waals surface area contributed by atoms with Crippen molar-refractivity contribution >= 4 is 87.2 Å². The summed E-state index contributed by atoms with van der Waals surface area (Å²) in [7, 11) is 0. The molecule has 410 valence electrons. The van der Waals surface area contributed by atoms with E-state index in [-0.39, 0.29) is 0 Å². The zero-order valence-corrected chi connectivity index (χ0v) is 47.6. The topological polar surface area (TPSA) is 58.4 Å². The largest absolute Gasteiger partial charge is 0.309 e. The average Bonchev–Trinajstić information content (AvgIpc) is 1.88. The van der Waals surface area contributed by atoms with Crippen LogP contribution in [-0.4, -0.2) is 33.2 Å². The predicted octanol–water partition coefficient (Wildman–Crippen LogP) is 20.6. The Labute approximate surface area is 506 Å². The van der Waals surface area contributed by atoms with Crippen LogP contribution in [0.3, 0.4) is 0 Å². The predicted molar refractivity (Wildman–Crippen MR) is 364 cm³/mol. The summed E-state index contributed by atoms with van der Waals surface area (Å²) in [4.78, 5) is 15.9. The van der Waals surface area contributed by atoms with Gasteiger partial charge in [0.15, 0.2) is 17.5 Å². The van der Waals surface area contributed by atoms with Crippen LogP contribution in [0.1, 0.15) is 0 Å². The summed E-state index contributed by atoms with van der Waals surface area (Å²) in [6.45, 7) is 0. The first-order valence-corrected chi connectivity index (χ1v) is 29.9. The maximum Gasteiger partial charge on any atom is 0.164 e. The van der Waals surface area contributed by atoms with E-state index >= 15 is 0 Å². The standard InChI is InChI=1S/C81H51N7/c1-5-21-52(22-6-1)79-82-80(53-23-7-2-8-24-53)84-81(83-79)58-45-61(87-73-35-19-15-31-65(73)69-47-54(39-43-75(69)87)56-37-41-67-63-29-13-17-33-71(63)85(77(67)49-56)59-25-9-3-10-26-59)51-62(46-58)88-74-36-20-16-32-66(74)70-48-55(40-44-76(70)88)57-38-42-68-64-30-14-18-34-72(64)86(78(68)50-57)60-27-11-4-12-28-60/h1-51H. The second kappa shape index (κ2) is 19.8. The van der Waals surface area contributed by atoms with Crippen LogP contribution in [-0.2, 0) is 0 Å². The number of benzene rings is 13. The van der Waals surface area contributed by atoms with Gasteiger partial charge >= 0.3 is 0 Å². The molecule has 0 bridgehead atoms. The Bertz CT molecular complexity index is 5440. The van der Waals surface area contributed by atoms with Gasteiger partial charge < -0.3 is 18.3 Å². The molecule has 0 saturated carbocycles. The van der Waals surface area contributed by atoms with Gasteiger partial charge in [0.1, 0.15) is 0 Å². The van der Waals surface area contributed by atoms with E-state index in [0.717, 1.165) is 105 Å². The van der Waals surface area contributed by atoms with Crippen LogP contribution in [0.4, 0.5) is 0 Å². The first-order valence-electron chi connectivity index (χ1n) is 29.9. The Kier molecular flexibility index (Phi) is 11.2. The lowest BCUT2D eigenvalue weighted by molar-refractivity contribution is 1.07. The Hall–Kier alpha value is -11.9. The molecule has 18 rings (SSSR count). The minimum atomic E-state index is 0.577. The van der Waals surface area contributed by atoms with Crippen LogP contribution in [0.25, 0.3) is 166 Å². The molecule has 0 atom stereocenters. The molecule has 13 aromatic carbocycles. The summed E-state index contributed by atoms with van der Waals surface area (Å²) in [6.07, 6.45) is 0. The highest BCUT2D eigenvalue weighted by Gasteiger charge is 2.22. The fraction of sp³-hybridized carbons (Fsp3) is 0. The molecule has 7 nitrogen and oxygen atoms in total. The number of fused-ring (bicyclic) bond motifs is 12. The molecule has 0 amide bonds.